The van der Waals surface area contributed by atoms with Crippen LogP contribution in [0.25, 0.3) is 32.9 Å². The molecule has 0 amide bonds. The second kappa shape index (κ2) is 10.9. The van der Waals surface area contributed by atoms with E-state index in [1.165, 1.54) is 24.5 Å². The first-order valence-electron chi connectivity index (χ1n) is 13.3. The van der Waals surface area contributed by atoms with Crippen molar-refractivity contribution < 1.29 is 13.5 Å². The van der Waals surface area contributed by atoms with Crippen molar-refractivity contribution in [3.63, 3.8) is 0 Å². The van der Waals surface area contributed by atoms with Crippen molar-refractivity contribution in [2.45, 2.75) is 37.8 Å². The highest BCUT2D eigenvalue weighted by Crippen LogP contribution is 2.34. The molecular weight excluding hydrogens is 588 g/mol. The number of hydrogen-bond acceptors (Lipinski definition) is 9. The van der Waals surface area contributed by atoms with Gasteiger partial charge in [0.1, 0.15) is 5.82 Å². The van der Waals surface area contributed by atoms with Gasteiger partial charge in [-0.1, -0.05) is 17.7 Å². The van der Waals surface area contributed by atoms with E-state index in [-0.39, 0.29) is 10.8 Å². The van der Waals surface area contributed by atoms with Gasteiger partial charge in [0.2, 0.25) is 5.95 Å². The number of rotatable bonds is 8. The summed E-state index contributed by atoms with van der Waals surface area (Å²) in [5.41, 5.74) is 3.49. The highest BCUT2D eigenvalue weighted by Gasteiger charge is 2.19. The highest BCUT2D eigenvalue weighted by atomic mass is 35.5. The van der Waals surface area contributed by atoms with E-state index in [1.807, 2.05) is 42.1 Å². The minimum Gasteiger partial charge on any atom is -0.389 e. The van der Waals surface area contributed by atoms with Crippen molar-refractivity contribution in [3.05, 3.63) is 90.1 Å². The quantitative estimate of drug-likeness (QED) is 0.196. The molecule has 0 spiro atoms. The Labute approximate surface area is 252 Å². The number of halogens is 1. The van der Waals surface area contributed by atoms with E-state index in [0.29, 0.717) is 23.1 Å². The van der Waals surface area contributed by atoms with Crippen LogP contribution in [0.5, 0.6) is 0 Å². The zero-order chi connectivity index (χ0) is 30.4. The van der Waals surface area contributed by atoms with E-state index in [4.69, 9.17) is 16.6 Å². The molecule has 218 valence electrons. The molecule has 4 heterocycles. The number of benzene rings is 2. The van der Waals surface area contributed by atoms with Crippen molar-refractivity contribution in [3.8, 4) is 11.3 Å². The Morgan fingerprint density at radius 2 is 1.67 bits per heavy atom. The maximum absolute atomic E-state index is 12.8. The summed E-state index contributed by atoms with van der Waals surface area (Å²) in [5.74, 6) is 0.496. The molecule has 6 rings (SSSR count). The average Bonchev–Trinajstić information content (AvgIpc) is 3.36. The first-order chi connectivity index (χ1) is 20.5. The van der Waals surface area contributed by atoms with Crippen LogP contribution in [0.4, 0.5) is 17.5 Å². The minimum atomic E-state index is -3.90. The Morgan fingerprint density at radius 1 is 0.930 bits per heavy atom. The lowest BCUT2D eigenvalue weighted by Crippen LogP contribution is -2.26. The lowest BCUT2D eigenvalue weighted by Gasteiger charge is -2.18. The summed E-state index contributed by atoms with van der Waals surface area (Å²) in [6.07, 6.45) is 7.97. The minimum absolute atomic E-state index is 0.0475. The molecule has 0 bridgehead atoms. The Balaban J connectivity index is 1.28. The molecule has 0 radical (unpaired) electrons. The molecule has 4 aromatic heterocycles. The van der Waals surface area contributed by atoms with Crippen molar-refractivity contribution in [2.24, 2.45) is 0 Å². The molecule has 0 aliphatic heterocycles. The molecule has 0 aliphatic rings. The van der Waals surface area contributed by atoms with Crippen LogP contribution in [-0.4, -0.2) is 48.8 Å². The summed E-state index contributed by atoms with van der Waals surface area (Å²) in [5, 5.41) is 21.2. The van der Waals surface area contributed by atoms with Gasteiger partial charge in [-0.05, 0) is 68.8 Å². The van der Waals surface area contributed by atoms with Crippen LogP contribution in [0.3, 0.4) is 0 Å². The average molecular weight is 615 g/mol. The lowest BCUT2D eigenvalue weighted by atomic mass is 9.98. The molecule has 13 heteroatoms. The van der Waals surface area contributed by atoms with Crippen LogP contribution in [0.2, 0.25) is 5.02 Å². The first kappa shape index (κ1) is 28.5. The third-order valence-corrected chi connectivity index (χ3v) is 8.36. The second-order valence-electron chi connectivity index (χ2n) is 10.7. The zero-order valence-electron chi connectivity index (χ0n) is 23.4. The van der Waals surface area contributed by atoms with Gasteiger partial charge in [0.25, 0.3) is 10.0 Å². The van der Waals surface area contributed by atoms with E-state index < -0.39 is 15.6 Å². The molecule has 0 saturated heterocycles. The number of pyridine rings is 2. The molecule has 11 nitrogen and oxygen atoms in total. The van der Waals surface area contributed by atoms with E-state index in [9.17, 15) is 13.5 Å². The standard InChI is InChI=1S/C30H27ClN8O3S/c1-18-23(8-9-26-25(18)16-36-39(26)17-30(2,3)40)28-24-12-27(33-13-19(24)10-11-32-28)37-21-4-6-22(7-5-21)43(41,42)38-29-34-14-20(31)15-35-29/h4-16,40H,17H2,1-3H3,(H,33,37)(H,34,35,38). The molecule has 0 unspecified atom stereocenters. The van der Waals surface area contributed by atoms with Crippen molar-refractivity contribution in [1.29, 1.82) is 0 Å². The normalized spacial score (nSPS) is 12.1. The summed E-state index contributed by atoms with van der Waals surface area (Å²) in [6.45, 7) is 5.93. The molecular formula is C30H27ClN8O3S. The van der Waals surface area contributed by atoms with Gasteiger partial charge in [-0.15, -0.1) is 0 Å². The first-order valence-corrected chi connectivity index (χ1v) is 15.1. The summed E-state index contributed by atoms with van der Waals surface area (Å²) in [6, 6.07) is 14.1. The fourth-order valence-electron chi connectivity index (χ4n) is 4.80. The Hall–Kier alpha value is -4.65. The SMILES string of the molecule is Cc1c(-c2nccc3cnc(Nc4ccc(S(=O)(=O)Nc5ncc(Cl)cn5)cc4)cc23)ccc2c1cnn2CC(C)(C)O. The smallest absolute Gasteiger partial charge is 0.264 e. The van der Waals surface area contributed by atoms with E-state index in [2.05, 4.69) is 30.1 Å². The van der Waals surface area contributed by atoms with Gasteiger partial charge in [-0.2, -0.15) is 5.10 Å². The Morgan fingerprint density at radius 3 is 2.40 bits per heavy atom. The summed E-state index contributed by atoms with van der Waals surface area (Å²) in [7, 11) is -3.90. The molecule has 0 fully saturated rings. The second-order valence-corrected chi connectivity index (χ2v) is 12.8. The third kappa shape index (κ3) is 5.98. The summed E-state index contributed by atoms with van der Waals surface area (Å²) in [4.78, 5) is 17.1. The van der Waals surface area contributed by atoms with Gasteiger partial charge < -0.3 is 10.4 Å². The number of sulfonamides is 1. The Kier molecular flexibility index (Phi) is 7.20. The molecule has 0 saturated carbocycles. The number of aliphatic hydroxyl groups is 1. The summed E-state index contributed by atoms with van der Waals surface area (Å²) >= 11 is 5.77. The number of nitrogens with one attached hydrogen (secondary N) is 2. The Bertz CT molecular complexity index is 2070. The lowest BCUT2D eigenvalue weighted by molar-refractivity contribution is 0.0591. The van der Waals surface area contributed by atoms with Crippen LogP contribution in [0, 0.1) is 6.92 Å². The topological polar surface area (TPSA) is 148 Å². The molecule has 0 aliphatic carbocycles. The van der Waals surface area contributed by atoms with Gasteiger partial charge in [0, 0.05) is 39.8 Å². The van der Waals surface area contributed by atoms with Gasteiger partial charge in [0.05, 0.1) is 51.9 Å². The van der Waals surface area contributed by atoms with Crippen molar-refractivity contribution in [1.82, 2.24) is 29.7 Å². The highest BCUT2D eigenvalue weighted by molar-refractivity contribution is 7.92. The maximum Gasteiger partial charge on any atom is 0.264 e. The zero-order valence-corrected chi connectivity index (χ0v) is 25.0. The van der Waals surface area contributed by atoms with E-state index in [1.54, 1.807) is 38.4 Å². The molecule has 3 N–H and O–H groups in total. The molecule has 6 aromatic rings. The fraction of sp³-hybridized carbons (Fsp3) is 0.167. The van der Waals surface area contributed by atoms with Crippen LogP contribution in [-0.2, 0) is 16.6 Å². The third-order valence-electron chi connectivity index (χ3n) is 6.82. The maximum atomic E-state index is 12.8. The molecule has 0 atom stereocenters. The fourth-order valence-corrected chi connectivity index (χ4v) is 5.85. The number of anilines is 3. The van der Waals surface area contributed by atoms with Crippen LogP contribution in [0.1, 0.15) is 19.4 Å². The molecule has 43 heavy (non-hydrogen) atoms. The number of aromatic nitrogens is 6. The number of aryl methyl sites for hydroxylation is 1. The van der Waals surface area contributed by atoms with Crippen molar-refractivity contribution in [2.75, 3.05) is 10.0 Å². The largest absolute Gasteiger partial charge is 0.389 e. The van der Waals surface area contributed by atoms with Gasteiger partial charge >= 0.3 is 0 Å². The van der Waals surface area contributed by atoms with Crippen LogP contribution in [0.15, 0.2) is 84.4 Å². The van der Waals surface area contributed by atoms with Crippen LogP contribution >= 0.6 is 11.6 Å². The predicted molar refractivity (Wildman–Crippen MR) is 167 cm³/mol. The number of nitrogens with zero attached hydrogens (tertiary/aromatic N) is 6. The van der Waals surface area contributed by atoms with Crippen molar-refractivity contribution >= 4 is 60.8 Å². The van der Waals surface area contributed by atoms with Gasteiger partial charge in [-0.3, -0.25) is 9.67 Å². The van der Waals surface area contributed by atoms with Gasteiger partial charge in [0.15, 0.2) is 0 Å². The number of hydrogen-bond donors (Lipinski definition) is 3. The van der Waals surface area contributed by atoms with Crippen LogP contribution < -0.4 is 10.0 Å². The monoisotopic (exact) mass is 614 g/mol. The molecule has 2 aromatic carbocycles. The predicted octanol–water partition coefficient (Wildman–Crippen LogP) is 5.71. The van der Waals surface area contributed by atoms with Gasteiger partial charge in [-0.25, -0.2) is 28.1 Å². The number of fused-ring (bicyclic) bond motifs is 2. The van der Waals surface area contributed by atoms with E-state index in [0.717, 1.165) is 38.5 Å². The summed E-state index contributed by atoms with van der Waals surface area (Å²) < 4.78 is 29.7. The van der Waals surface area contributed by atoms with E-state index >= 15 is 0 Å².